The van der Waals surface area contributed by atoms with Crippen molar-refractivity contribution in [1.29, 1.82) is 0 Å². The molecule has 1 aliphatic heterocycles. The smallest absolute Gasteiger partial charge is 0.328 e. The number of aromatic amines is 1. The number of nitrogens with one attached hydrogen (secondary N) is 1. The number of esters is 1. The number of halogens is 1. The van der Waals surface area contributed by atoms with E-state index in [1.165, 1.54) is 7.11 Å². The van der Waals surface area contributed by atoms with Crippen LogP contribution in [-0.2, 0) is 16.0 Å². The number of ether oxygens (including phenoxy) is 2. The van der Waals surface area contributed by atoms with Crippen molar-refractivity contribution in [2.24, 2.45) is 0 Å². The standard InChI is InChI=1S/C27H23ClN2O4/c1-33-17-13-11-16(12-14-17)25-24-20(18-7-4-6-10-22(18)29-24)15-23(27(32)34-2)30(25)26(31)19-8-3-5-9-21(19)28/h3-14,23,25,29H,15H2,1-2H3. The molecule has 1 aliphatic rings. The molecule has 0 bridgehead atoms. The molecule has 1 amide bonds. The van der Waals surface area contributed by atoms with Crippen molar-refractivity contribution in [3.05, 3.63) is 100 Å². The SMILES string of the molecule is COC(=O)C1Cc2c([nH]c3ccccc23)C(c2ccc(OC)cc2)N1C(=O)c1ccccc1Cl. The second-order valence-electron chi connectivity index (χ2n) is 8.17. The van der Waals surface area contributed by atoms with E-state index in [0.717, 1.165) is 27.7 Å². The average Bonchev–Trinajstić information content (AvgIpc) is 3.25. The van der Waals surface area contributed by atoms with Gasteiger partial charge in [-0.05, 0) is 41.5 Å². The lowest BCUT2D eigenvalue weighted by Crippen LogP contribution is -2.52. The normalized spacial score (nSPS) is 17.3. The Kier molecular flexibility index (Phi) is 5.75. The summed E-state index contributed by atoms with van der Waals surface area (Å²) in [5, 5.41) is 1.35. The van der Waals surface area contributed by atoms with Crippen LogP contribution in [0.5, 0.6) is 5.75 Å². The number of nitrogens with zero attached hydrogens (tertiary/aromatic N) is 1. The van der Waals surface area contributed by atoms with E-state index in [2.05, 4.69) is 4.98 Å². The molecule has 5 rings (SSSR count). The quantitative estimate of drug-likeness (QED) is 0.415. The van der Waals surface area contributed by atoms with Gasteiger partial charge in [-0.15, -0.1) is 0 Å². The van der Waals surface area contributed by atoms with Crippen molar-refractivity contribution < 1.29 is 19.1 Å². The lowest BCUT2D eigenvalue weighted by Gasteiger charge is -2.41. The largest absolute Gasteiger partial charge is 0.497 e. The molecule has 0 saturated heterocycles. The highest BCUT2D eigenvalue weighted by Gasteiger charge is 2.44. The Hall–Kier alpha value is -3.77. The zero-order valence-corrected chi connectivity index (χ0v) is 19.5. The van der Waals surface area contributed by atoms with Crippen LogP contribution in [0.15, 0.2) is 72.8 Å². The zero-order valence-electron chi connectivity index (χ0n) is 18.7. The molecule has 172 valence electrons. The number of H-pyrrole nitrogens is 1. The molecule has 0 aliphatic carbocycles. The second kappa shape index (κ2) is 8.88. The zero-order chi connectivity index (χ0) is 23.8. The van der Waals surface area contributed by atoms with Crippen LogP contribution in [0.1, 0.15) is 33.2 Å². The maximum atomic E-state index is 14.0. The third kappa shape index (κ3) is 3.60. The molecule has 2 atom stereocenters. The third-order valence-electron chi connectivity index (χ3n) is 6.38. The van der Waals surface area contributed by atoms with E-state index in [9.17, 15) is 9.59 Å². The first-order valence-electron chi connectivity index (χ1n) is 10.9. The van der Waals surface area contributed by atoms with Crippen LogP contribution in [0.2, 0.25) is 5.02 Å². The average molecular weight is 475 g/mol. The first-order chi connectivity index (χ1) is 16.5. The van der Waals surface area contributed by atoms with Gasteiger partial charge >= 0.3 is 5.97 Å². The first kappa shape index (κ1) is 22.0. The molecular formula is C27H23ClN2O4. The molecule has 0 fully saturated rings. The number of hydrogen-bond donors (Lipinski definition) is 1. The number of fused-ring (bicyclic) bond motifs is 3. The Balaban J connectivity index is 1.76. The fraction of sp³-hybridized carbons (Fsp3) is 0.185. The second-order valence-corrected chi connectivity index (χ2v) is 8.58. The van der Waals surface area contributed by atoms with Crippen LogP contribution in [0.3, 0.4) is 0 Å². The number of carbonyl (C=O) groups is 2. The molecule has 2 unspecified atom stereocenters. The number of rotatable bonds is 4. The highest BCUT2D eigenvalue weighted by molar-refractivity contribution is 6.33. The third-order valence-corrected chi connectivity index (χ3v) is 6.70. The Labute approximate surface area is 202 Å². The van der Waals surface area contributed by atoms with E-state index in [4.69, 9.17) is 21.1 Å². The monoisotopic (exact) mass is 474 g/mol. The van der Waals surface area contributed by atoms with Crippen LogP contribution in [0, 0.1) is 0 Å². The van der Waals surface area contributed by atoms with Gasteiger partial charge in [0.15, 0.2) is 0 Å². The lowest BCUT2D eigenvalue weighted by molar-refractivity contribution is -0.147. The van der Waals surface area contributed by atoms with Gasteiger partial charge in [0.25, 0.3) is 5.91 Å². The highest BCUT2D eigenvalue weighted by atomic mass is 35.5. The molecule has 1 N–H and O–H groups in total. The van der Waals surface area contributed by atoms with Gasteiger partial charge in [0, 0.05) is 23.0 Å². The van der Waals surface area contributed by atoms with Crippen molar-refractivity contribution >= 4 is 34.4 Å². The number of aromatic nitrogens is 1. The minimum Gasteiger partial charge on any atom is -0.497 e. The summed E-state index contributed by atoms with van der Waals surface area (Å²) in [4.78, 5) is 32.1. The summed E-state index contributed by atoms with van der Waals surface area (Å²) in [6, 6.07) is 20.9. The molecule has 0 saturated carbocycles. The van der Waals surface area contributed by atoms with Crippen molar-refractivity contribution in [3.8, 4) is 5.75 Å². The van der Waals surface area contributed by atoms with E-state index in [1.54, 1.807) is 36.3 Å². The summed E-state index contributed by atoms with van der Waals surface area (Å²) in [5.74, 6) is -0.120. The lowest BCUT2D eigenvalue weighted by atomic mass is 9.87. The predicted molar refractivity (Wildman–Crippen MR) is 130 cm³/mol. The minimum absolute atomic E-state index is 0.326. The fourth-order valence-corrected chi connectivity index (χ4v) is 4.98. The van der Waals surface area contributed by atoms with Gasteiger partial charge in [-0.1, -0.05) is 54.1 Å². The van der Waals surface area contributed by atoms with Gasteiger partial charge in [0.1, 0.15) is 11.8 Å². The molecule has 0 radical (unpaired) electrons. The van der Waals surface area contributed by atoms with Crippen molar-refractivity contribution in [2.45, 2.75) is 18.5 Å². The van der Waals surface area contributed by atoms with E-state index >= 15 is 0 Å². The summed E-state index contributed by atoms with van der Waals surface area (Å²) in [7, 11) is 2.94. The van der Waals surface area contributed by atoms with Gasteiger partial charge < -0.3 is 19.4 Å². The Morgan fingerprint density at radius 1 is 0.971 bits per heavy atom. The maximum Gasteiger partial charge on any atom is 0.328 e. The van der Waals surface area contributed by atoms with Gasteiger partial charge in [-0.25, -0.2) is 4.79 Å². The van der Waals surface area contributed by atoms with Crippen LogP contribution >= 0.6 is 11.6 Å². The van der Waals surface area contributed by atoms with E-state index in [1.807, 2.05) is 48.5 Å². The number of para-hydroxylation sites is 1. The van der Waals surface area contributed by atoms with Crippen LogP contribution in [0.25, 0.3) is 10.9 Å². The Morgan fingerprint density at radius 2 is 1.68 bits per heavy atom. The molecule has 7 heteroatoms. The molecule has 6 nitrogen and oxygen atoms in total. The highest BCUT2D eigenvalue weighted by Crippen LogP contribution is 2.42. The van der Waals surface area contributed by atoms with Gasteiger partial charge in [-0.2, -0.15) is 0 Å². The summed E-state index contributed by atoms with van der Waals surface area (Å²) in [5.41, 5.74) is 3.97. The number of benzene rings is 3. The Bertz CT molecular complexity index is 1380. The van der Waals surface area contributed by atoms with Crippen LogP contribution in [-0.4, -0.2) is 42.0 Å². The molecule has 4 aromatic rings. The van der Waals surface area contributed by atoms with E-state index in [-0.39, 0.29) is 5.91 Å². The van der Waals surface area contributed by atoms with Gasteiger partial charge in [0.2, 0.25) is 0 Å². The van der Waals surface area contributed by atoms with Gasteiger partial charge in [-0.3, -0.25) is 4.79 Å². The topological polar surface area (TPSA) is 71.6 Å². The number of hydrogen-bond acceptors (Lipinski definition) is 4. The first-order valence-corrected chi connectivity index (χ1v) is 11.3. The molecule has 2 heterocycles. The molecule has 3 aromatic carbocycles. The maximum absolute atomic E-state index is 14.0. The fourth-order valence-electron chi connectivity index (χ4n) is 4.76. The minimum atomic E-state index is -0.826. The summed E-state index contributed by atoms with van der Waals surface area (Å²) in [6.45, 7) is 0. The van der Waals surface area contributed by atoms with Crippen molar-refractivity contribution in [1.82, 2.24) is 9.88 Å². The number of methoxy groups -OCH3 is 2. The van der Waals surface area contributed by atoms with Crippen LogP contribution in [0.4, 0.5) is 0 Å². The molecule has 1 aromatic heterocycles. The molecule has 34 heavy (non-hydrogen) atoms. The van der Waals surface area contributed by atoms with Crippen molar-refractivity contribution in [3.63, 3.8) is 0 Å². The predicted octanol–water partition coefficient (Wildman–Crippen LogP) is 5.16. The molecule has 0 spiro atoms. The summed E-state index contributed by atoms with van der Waals surface area (Å²) >= 11 is 6.41. The Morgan fingerprint density at radius 3 is 2.38 bits per heavy atom. The van der Waals surface area contributed by atoms with E-state index < -0.39 is 18.1 Å². The molecular weight excluding hydrogens is 452 g/mol. The number of amides is 1. The van der Waals surface area contributed by atoms with Crippen LogP contribution < -0.4 is 4.74 Å². The summed E-state index contributed by atoms with van der Waals surface area (Å²) < 4.78 is 10.5. The summed E-state index contributed by atoms with van der Waals surface area (Å²) in [6.07, 6.45) is 0.328. The number of carbonyl (C=O) groups excluding carboxylic acids is 2. The van der Waals surface area contributed by atoms with Gasteiger partial charge in [0.05, 0.1) is 30.8 Å². The van der Waals surface area contributed by atoms with E-state index in [0.29, 0.717) is 22.8 Å². The van der Waals surface area contributed by atoms with Crippen molar-refractivity contribution in [2.75, 3.05) is 14.2 Å².